The van der Waals surface area contributed by atoms with Crippen LogP contribution in [-0.4, -0.2) is 37.6 Å². The predicted octanol–water partition coefficient (Wildman–Crippen LogP) is 2.66. The molecule has 6 nitrogen and oxygen atoms in total. The van der Waals surface area contributed by atoms with E-state index < -0.39 is 9.84 Å². The van der Waals surface area contributed by atoms with Crippen LogP contribution in [0.25, 0.3) is 0 Å². The lowest BCUT2D eigenvalue weighted by atomic mass is 10.3. The van der Waals surface area contributed by atoms with Gasteiger partial charge in [-0.1, -0.05) is 0 Å². The minimum Gasteiger partial charge on any atom is -0.457 e. The van der Waals surface area contributed by atoms with Crippen molar-refractivity contribution in [3.63, 3.8) is 0 Å². The van der Waals surface area contributed by atoms with Gasteiger partial charge in [0.15, 0.2) is 9.84 Å². The summed E-state index contributed by atoms with van der Waals surface area (Å²) in [5.74, 6) is 2.11. The molecule has 0 spiro atoms. The highest BCUT2D eigenvalue weighted by atomic mass is 32.2. The molecule has 0 aliphatic carbocycles. The highest BCUT2D eigenvalue weighted by molar-refractivity contribution is 8.08. The van der Waals surface area contributed by atoms with E-state index in [2.05, 4.69) is 5.32 Å². The fourth-order valence-corrected chi connectivity index (χ4v) is 4.99. The topological polar surface area (TPSA) is 98.5 Å². The van der Waals surface area contributed by atoms with Crippen molar-refractivity contribution < 1.29 is 17.9 Å². The summed E-state index contributed by atoms with van der Waals surface area (Å²) in [5.41, 5.74) is 6.00. The summed E-state index contributed by atoms with van der Waals surface area (Å²) < 4.78 is 30.2. The molecule has 1 aliphatic heterocycles. The first-order valence-electron chi connectivity index (χ1n) is 8.18. The molecule has 0 radical (unpaired) electrons. The van der Waals surface area contributed by atoms with Crippen LogP contribution in [-0.2, 0) is 14.6 Å². The lowest BCUT2D eigenvalue weighted by Crippen LogP contribution is -2.15. The maximum absolute atomic E-state index is 12.2. The van der Waals surface area contributed by atoms with Gasteiger partial charge in [-0.2, -0.15) is 11.8 Å². The Labute approximate surface area is 157 Å². The van der Waals surface area contributed by atoms with Crippen molar-refractivity contribution in [3.8, 4) is 11.5 Å². The molecule has 3 N–H and O–H groups in total. The number of benzene rings is 2. The van der Waals surface area contributed by atoms with E-state index in [9.17, 15) is 13.2 Å². The SMILES string of the molecule is NCCC(=O)Nc1ccc(Oc2ccc(S(=O)(=O)CC3CS3)cc2)cc1. The van der Waals surface area contributed by atoms with Crippen LogP contribution in [0.3, 0.4) is 0 Å². The van der Waals surface area contributed by atoms with E-state index in [4.69, 9.17) is 10.5 Å². The third kappa shape index (κ3) is 5.23. The Morgan fingerprint density at radius 3 is 2.23 bits per heavy atom. The van der Waals surface area contributed by atoms with Gasteiger partial charge in [-0.05, 0) is 48.5 Å². The van der Waals surface area contributed by atoms with Crippen molar-refractivity contribution in [1.29, 1.82) is 0 Å². The Hall–Kier alpha value is -2.03. The summed E-state index contributed by atoms with van der Waals surface area (Å²) in [4.78, 5) is 11.8. The first kappa shape index (κ1) is 18.8. The molecule has 1 saturated heterocycles. The highest BCUT2D eigenvalue weighted by Crippen LogP contribution is 2.33. The molecule has 1 atom stereocenters. The molecule has 2 aromatic rings. The molecular weight excluding hydrogens is 372 g/mol. The Morgan fingerprint density at radius 1 is 1.12 bits per heavy atom. The lowest BCUT2D eigenvalue weighted by molar-refractivity contribution is -0.116. The minimum absolute atomic E-state index is 0.137. The lowest BCUT2D eigenvalue weighted by Gasteiger charge is -2.09. The van der Waals surface area contributed by atoms with Gasteiger partial charge in [0.25, 0.3) is 0 Å². The van der Waals surface area contributed by atoms with Gasteiger partial charge in [0.1, 0.15) is 11.5 Å². The molecule has 1 fully saturated rings. The van der Waals surface area contributed by atoms with Gasteiger partial charge in [0.2, 0.25) is 5.91 Å². The third-order valence-electron chi connectivity index (χ3n) is 3.74. The van der Waals surface area contributed by atoms with Gasteiger partial charge in [-0.15, -0.1) is 0 Å². The summed E-state index contributed by atoms with van der Waals surface area (Å²) >= 11 is 1.67. The van der Waals surface area contributed by atoms with Gasteiger partial charge < -0.3 is 15.8 Å². The van der Waals surface area contributed by atoms with E-state index in [0.717, 1.165) is 5.75 Å². The van der Waals surface area contributed by atoms with E-state index in [1.165, 1.54) is 0 Å². The van der Waals surface area contributed by atoms with Crippen molar-refractivity contribution in [2.75, 3.05) is 23.4 Å². The van der Waals surface area contributed by atoms with Gasteiger partial charge >= 0.3 is 0 Å². The third-order valence-corrected chi connectivity index (χ3v) is 6.75. The molecule has 1 aliphatic rings. The molecule has 0 saturated carbocycles. The monoisotopic (exact) mass is 392 g/mol. The first-order chi connectivity index (χ1) is 12.5. The number of carbonyl (C=O) groups excluding carboxylic acids is 1. The second kappa shape index (κ2) is 8.11. The Morgan fingerprint density at radius 2 is 1.69 bits per heavy atom. The van der Waals surface area contributed by atoms with E-state index in [-0.39, 0.29) is 23.3 Å². The van der Waals surface area contributed by atoms with Crippen LogP contribution in [0.5, 0.6) is 11.5 Å². The van der Waals surface area contributed by atoms with Crippen molar-refractivity contribution in [2.45, 2.75) is 16.6 Å². The van der Waals surface area contributed by atoms with E-state index in [1.54, 1.807) is 60.3 Å². The fourth-order valence-electron chi connectivity index (χ4n) is 2.32. The van der Waals surface area contributed by atoms with E-state index in [1.807, 2.05) is 0 Å². The number of thioether (sulfide) groups is 1. The number of amides is 1. The first-order valence-corrected chi connectivity index (χ1v) is 10.9. The summed E-state index contributed by atoms with van der Waals surface area (Å²) in [6.45, 7) is 0.304. The van der Waals surface area contributed by atoms with Gasteiger partial charge in [-0.3, -0.25) is 4.79 Å². The fraction of sp³-hybridized carbons (Fsp3) is 0.278. The predicted molar refractivity (Wildman–Crippen MR) is 104 cm³/mol. The molecule has 8 heteroatoms. The summed E-state index contributed by atoms with van der Waals surface area (Å²) in [7, 11) is -3.23. The van der Waals surface area contributed by atoms with Crippen LogP contribution in [0.2, 0.25) is 0 Å². The van der Waals surface area contributed by atoms with Gasteiger partial charge in [0, 0.05) is 29.7 Å². The van der Waals surface area contributed by atoms with Crippen LogP contribution in [0.4, 0.5) is 5.69 Å². The Kier molecular flexibility index (Phi) is 5.85. The Balaban J connectivity index is 1.61. The molecule has 0 bridgehead atoms. The van der Waals surface area contributed by atoms with Crippen LogP contribution in [0.1, 0.15) is 6.42 Å². The minimum atomic E-state index is -3.23. The molecule has 138 valence electrons. The number of rotatable bonds is 8. The van der Waals surface area contributed by atoms with Crippen LogP contribution >= 0.6 is 11.8 Å². The van der Waals surface area contributed by atoms with E-state index >= 15 is 0 Å². The average Bonchev–Trinajstić information content (AvgIpc) is 3.41. The molecule has 1 amide bonds. The second-order valence-corrected chi connectivity index (χ2v) is 9.29. The van der Waals surface area contributed by atoms with Crippen LogP contribution < -0.4 is 15.8 Å². The van der Waals surface area contributed by atoms with Crippen LogP contribution in [0.15, 0.2) is 53.4 Å². The number of sulfone groups is 1. The van der Waals surface area contributed by atoms with Gasteiger partial charge in [0.05, 0.1) is 10.6 Å². The summed E-state index contributed by atoms with van der Waals surface area (Å²) in [6, 6.07) is 13.3. The zero-order chi connectivity index (χ0) is 18.6. The molecule has 1 unspecified atom stereocenters. The smallest absolute Gasteiger partial charge is 0.225 e. The maximum atomic E-state index is 12.2. The number of hydrogen-bond acceptors (Lipinski definition) is 6. The number of hydrogen-bond donors (Lipinski definition) is 2. The molecular formula is C18H20N2O4S2. The van der Waals surface area contributed by atoms with E-state index in [0.29, 0.717) is 28.6 Å². The number of anilines is 1. The average molecular weight is 393 g/mol. The zero-order valence-corrected chi connectivity index (χ0v) is 15.7. The normalized spacial score (nSPS) is 16.1. The highest BCUT2D eigenvalue weighted by Gasteiger charge is 2.29. The standard InChI is InChI=1S/C18H20N2O4S2/c19-10-9-18(21)20-13-1-3-14(4-2-13)24-15-5-7-17(8-6-15)26(22,23)12-16-11-25-16/h1-8,16H,9-12,19H2,(H,20,21). The number of nitrogens with one attached hydrogen (secondary N) is 1. The summed E-state index contributed by atoms with van der Waals surface area (Å²) in [5, 5.41) is 2.97. The number of carbonyl (C=O) groups is 1. The molecule has 0 aromatic heterocycles. The van der Waals surface area contributed by atoms with Gasteiger partial charge in [-0.25, -0.2) is 8.42 Å². The maximum Gasteiger partial charge on any atom is 0.225 e. The summed E-state index contributed by atoms with van der Waals surface area (Å²) in [6.07, 6.45) is 0.271. The van der Waals surface area contributed by atoms with Crippen molar-refractivity contribution in [2.24, 2.45) is 5.73 Å². The van der Waals surface area contributed by atoms with Crippen molar-refractivity contribution in [3.05, 3.63) is 48.5 Å². The second-order valence-electron chi connectivity index (χ2n) is 5.92. The largest absolute Gasteiger partial charge is 0.457 e. The molecule has 1 heterocycles. The zero-order valence-electron chi connectivity index (χ0n) is 14.1. The molecule has 3 rings (SSSR count). The van der Waals surface area contributed by atoms with Crippen molar-refractivity contribution >= 4 is 33.2 Å². The van der Waals surface area contributed by atoms with Crippen molar-refractivity contribution in [1.82, 2.24) is 0 Å². The molecule has 2 aromatic carbocycles. The number of nitrogens with two attached hydrogens (primary N) is 1. The number of ether oxygens (including phenoxy) is 1. The molecule has 26 heavy (non-hydrogen) atoms. The quantitative estimate of drug-likeness (QED) is 0.670. The Bertz CT molecular complexity index is 861. The van der Waals surface area contributed by atoms with Crippen LogP contribution in [0, 0.1) is 0 Å².